The molecule has 36 heavy (non-hydrogen) atoms. The third-order valence-electron chi connectivity index (χ3n) is 5.90. The standard InChI is InChI=1S/C26H26Cl2N4O4/c1-34-20-14-21(35-2)24(28)22(23(20)27)16-5-8-18(19(29)13-16)25(30)31-26(33)15-3-6-17(7-4-15)32-9-11-36-12-10-32/h3-8,13-14H,9-12,29H2,1-2H3,(H2,30,31,33). The van der Waals surface area contributed by atoms with Gasteiger partial charge < -0.3 is 30.6 Å². The third kappa shape index (κ3) is 5.21. The highest BCUT2D eigenvalue weighted by Gasteiger charge is 2.20. The molecule has 188 valence electrons. The number of anilines is 2. The smallest absolute Gasteiger partial charge is 0.278 e. The summed E-state index contributed by atoms with van der Waals surface area (Å²) in [5.41, 5.74) is 15.7. The molecule has 10 heteroatoms. The Kier molecular flexibility index (Phi) is 7.88. The van der Waals surface area contributed by atoms with Crippen molar-refractivity contribution in [3.05, 3.63) is 69.7 Å². The van der Waals surface area contributed by atoms with Gasteiger partial charge in [-0.25, -0.2) is 0 Å². The molecule has 1 heterocycles. The summed E-state index contributed by atoms with van der Waals surface area (Å²) in [6.07, 6.45) is 0. The van der Waals surface area contributed by atoms with Crippen molar-refractivity contribution in [2.75, 3.05) is 51.2 Å². The molecule has 0 spiro atoms. The van der Waals surface area contributed by atoms with Gasteiger partial charge in [0.15, 0.2) is 0 Å². The third-order valence-corrected chi connectivity index (χ3v) is 6.65. The van der Waals surface area contributed by atoms with Gasteiger partial charge in [-0.15, -0.1) is 0 Å². The highest BCUT2D eigenvalue weighted by Crippen LogP contribution is 2.46. The molecule has 4 N–H and O–H groups in total. The van der Waals surface area contributed by atoms with E-state index >= 15 is 0 Å². The minimum absolute atomic E-state index is 0.00159. The Morgan fingerprint density at radius 2 is 1.58 bits per heavy atom. The number of hydrogen-bond donors (Lipinski definition) is 2. The molecular formula is C26H26Cl2N4O4. The number of nitrogen functional groups attached to an aromatic ring is 1. The van der Waals surface area contributed by atoms with Crippen molar-refractivity contribution in [3.8, 4) is 22.6 Å². The molecule has 1 fully saturated rings. The van der Waals surface area contributed by atoms with Gasteiger partial charge in [-0.05, 0) is 42.0 Å². The van der Waals surface area contributed by atoms with E-state index in [1.54, 1.807) is 36.4 Å². The maximum Gasteiger partial charge on any atom is 0.278 e. The van der Waals surface area contributed by atoms with Gasteiger partial charge in [-0.3, -0.25) is 4.79 Å². The van der Waals surface area contributed by atoms with Crippen molar-refractivity contribution in [1.29, 1.82) is 0 Å². The monoisotopic (exact) mass is 528 g/mol. The zero-order valence-electron chi connectivity index (χ0n) is 19.9. The van der Waals surface area contributed by atoms with Crippen LogP contribution in [0.1, 0.15) is 15.9 Å². The number of aliphatic imine (C=N–C) groups is 1. The normalized spacial score (nSPS) is 14.0. The molecule has 3 aromatic carbocycles. The number of morpholine rings is 1. The second-order valence-corrected chi connectivity index (χ2v) is 8.79. The average molecular weight is 529 g/mol. The average Bonchev–Trinajstić information content (AvgIpc) is 2.89. The Labute approximate surface area is 219 Å². The number of methoxy groups -OCH3 is 2. The van der Waals surface area contributed by atoms with Crippen molar-refractivity contribution in [1.82, 2.24) is 0 Å². The number of rotatable bonds is 6. The quantitative estimate of drug-likeness (QED) is 0.272. The van der Waals surface area contributed by atoms with Crippen LogP contribution in [-0.4, -0.2) is 52.3 Å². The summed E-state index contributed by atoms with van der Waals surface area (Å²) < 4.78 is 16.1. The SMILES string of the molecule is COc1cc(OC)c(Cl)c(-c2ccc(C(N)=NC(=O)c3ccc(N4CCOCC4)cc3)c(N)c2)c1Cl. The molecule has 1 aliphatic rings. The number of carbonyl (C=O) groups excluding carboxylic acids is 1. The number of hydrogen-bond acceptors (Lipinski definition) is 6. The molecule has 0 saturated carbocycles. The molecule has 8 nitrogen and oxygen atoms in total. The van der Waals surface area contributed by atoms with Gasteiger partial charge in [0.25, 0.3) is 5.91 Å². The molecule has 0 aromatic heterocycles. The largest absolute Gasteiger partial charge is 0.495 e. The number of amides is 1. The van der Waals surface area contributed by atoms with E-state index in [-0.39, 0.29) is 5.84 Å². The molecule has 0 bridgehead atoms. The number of ether oxygens (including phenoxy) is 3. The van der Waals surface area contributed by atoms with Crippen LogP contribution in [0.3, 0.4) is 0 Å². The topological polar surface area (TPSA) is 112 Å². The minimum atomic E-state index is -0.465. The first kappa shape index (κ1) is 25.6. The highest BCUT2D eigenvalue weighted by atomic mass is 35.5. The van der Waals surface area contributed by atoms with Crippen LogP contribution in [0.2, 0.25) is 10.0 Å². The van der Waals surface area contributed by atoms with E-state index in [0.29, 0.717) is 62.7 Å². The fourth-order valence-corrected chi connectivity index (χ4v) is 4.68. The number of nitrogens with two attached hydrogens (primary N) is 2. The first-order valence-corrected chi connectivity index (χ1v) is 11.9. The van der Waals surface area contributed by atoms with Crippen LogP contribution in [-0.2, 0) is 4.74 Å². The zero-order chi connectivity index (χ0) is 25.8. The summed E-state index contributed by atoms with van der Waals surface area (Å²) >= 11 is 13.0. The van der Waals surface area contributed by atoms with Gasteiger partial charge in [0, 0.05) is 47.2 Å². The van der Waals surface area contributed by atoms with Crippen LogP contribution < -0.4 is 25.8 Å². The Hall–Kier alpha value is -3.46. The lowest BCUT2D eigenvalue weighted by Gasteiger charge is -2.28. The van der Waals surface area contributed by atoms with Crippen LogP contribution in [0, 0.1) is 0 Å². The molecule has 1 aliphatic heterocycles. The van der Waals surface area contributed by atoms with Crippen LogP contribution in [0.4, 0.5) is 11.4 Å². The van der Waals surface area contributed by atoms with E-state index in [2.05, 4.69) is 9.89 Å². The number of benzene rings is 3. The Morgan fingerprint density at radius 1 is 0.972 bits per heavy atom. The van der Waals surface area contributed by atoms with Gasteiger partial charge >= 0.3 is 0 Å². The second kappa shape index (κ2) is 11.1. The van der Waals surface area contributed by atoms with Crippen LogP contribution in [0.5, 0.6) is 11.5 Å². The molecule has 1 saturated heterocycles. The second-order valence-electron chi connectivity index (χ2n) is 8.03. The van der Waals surface area contributed by atoms with Gasteiger partial charge in [0.05, 0.1) is 37.5 Å². The summed E-state index contributed by atoms with van der Waals surface area (Å²) in [6.45, 7) is 3.00. The van der Waals surface area contributed by atoms with Crippen molar-refractivity contribution in [2.24, 2.45) is 10.7 Å². The van der Waals surface area contributed by atoms with Crippen LogP contribution >= 0.6 is 23.2 Å². The van der Waals surface area contributed by atoms with E-state index in [4.69, 9.17) is 48.9 Å². The van der Waals surface area contributed by atoms with Crippen molar-refractivity contribution >= 4 is 46.3 Å². The molecule has 0 radical (unpaired) electrons. The summed E-state index contributed by atoms with van der Waals surface area (Å²) in [4.78, 5) is 19.0. The van der Waals surface area contributed by atoms with E-state index in [0.717, 1.165) is 18.8 Å². The first-order chi connectivity index (χ1) is 17.3. The summed E-state index contributed by atoms with van der Waals surface area (Å²) in [5.74, 6) is 0.346. The molecule has 4 rings (SSSR count). The molecule has 0 atom stereocenters. The molecule has 3 aromatic rings. The van der Waals surface area contributed by atoms with E-state index in [1.165, 1.54) is 14.2 Å². The lowest BCUT2D eigenvalue weighted by atomic mass is 10.0. The van der Waals surface area contributed by atoms with Crippen molar-refractivity contribution in [3.63, 3.8) is 0 Å². The Morgan fingerprint density at radius 3 is 2.14 bits per heavy atom. The highest BCUT2D eigenvalue weighted by molar-refractivity contribution is 6.41. The van der Waals surface area contributed by atoms with Gasteiger partial charge in [-0.2, -0.15) is 4.99 Å². The fraction of sp³-hybridized carbons (Fsp3) is 0.231. The number of amidine groups is 1. The molecule has 0 aliphatic carbocycles. The predicted octanol–water partition coefficient (Wildman–Crippen LogP) is 4.64. The maximum atomic E-state index is 12.7. The van der Waals surface area contributed by atoms with Crippen LogP contribution in [0.15, 0.2) is 53.5 Å². The molecular weight excluding hydrogens is 503 g/mol. The summed E-state index contributed by atoms with van der Waals surface area (Å²) in [5, 5.41) is 0.626. The van der Waals surface area contributed by atoms with E-state index in [1.807, 2.05) is 12.1 Å². The zero-order valence-corrected chi connectivity index (χ0v) is 21.4. The van der Waals surface area contributed by atoms with E-state index in [9.17, 15) is 4.79 Å². The Bertz CT molecular complexity index is 1280. The fourth-order valence-electron chi connectivity index (χ4n) is 3.96. The Balaban J connectivity index is 1.59. The van der Waals surface area contributed by atoms with Gasteiger partial charge in [0.2, 0.25) is 0 Å². The van der Waals surface area contributed by atoms with E-state index < -0.39 is 5.91 Å². The molecule has 0 unspecified atom stereocenters. The summed E-state index contributed by atoms with van der Waals surface area (Å²) in [6, 6.07) is 13.9. The maximum absolute atomic E-state index is 12.7. The molecule has 1 amide bonds. The first-order valence-electron chi connectivity index (χ1n) is 11.2. The van der Waals surface area contributed by atoms with Crippen molar-refractivity contribution < 1.29 is 19.0 Å². The lowest BCUT2D eigenvalue weighted by Crippen LogP contribution is -2.36. The van der Waals surface area contributed by atoms with Crippen molar-refractivity contribution in [2.45, 2.75) is 0 Å². The van der Waals surface area contributed by atoms with Gasteiger partial charge in [0.1, 0.15) is 17.3 Å². The number of halogens is 2. The van der Waals surface area contributed by atoms with Crippen LogP contribution in [0.25, 0.3) is 11.1 Å². The number of carbonyl (C=O) groups is 1. The lowest BCUT2D eigenvalue weighted by molar-refractivity contribution is 0.100. The van der Waals surface area contributed by atoms with Gasteiger partial charge in [-0.1, -0.05) is 29.3 Å². The minimum Gasteiger partial charge on any atom is -0.495 e. The summed E-state index contributed by atoms with van der Waals surface area (Å²) in [7, 11) is 3.00. The number of nitrogens with zero attached hydrogens (tertiary/aromatic N) is 2. The predicted molar refractivity (Wildman–Crippen MR) is 144 cm³/mol.